The van der Waals surface area contributed by atoms with Crippen molar-refractivity contribution in [1.82, 2.24) is 19.7 Å². The lowest BCUT2D eigenvalue weighted by molar-refractivity contribution is 0.736. The van der Waals surface area contributed by atoms with E-state index < -0.39 is 0 Å². The van der Waals surface area contributed by atoms with Gasteiger partial charge >= 0.3 is 0 Å². The zero-order valence-electron chi connectivity index (χ0n) is 17.9. The van der Waals surface area contributed by atoms with Crippen LogP contribution in [-0.4, -0.2) is 33.7 Å². The second-order valence-electron chi connectivity index (χ2n) is 7.38. The molecule has 0 radical (unpaired) electrons. The van der Waals surface area contributed by atoms with Gasteiger partial charge in [0.05, 0.1) is 17.6 Å². The number of rotatable bonds is 4. The smallest absolute Gasteiger partial charge is 0.258 e. The maximum absolute atomic E-state index is 12.6. The molecule has 0 aliphatic carbocycles. The predicted molar refractivity (Wildman–Crippen MR) is 123 cm³/mol. The van der Waals surface area contributed by atoms with Gasteiger partial charge in [0, 0.05) is 30.6 Å². The van der Waals surface area contributed by atoms with Gasteiger partial charge in [-0.05, 0) is 42.7 Å². The highest BCUT2D eigenvalue weighted by atomic mass is 16.1. The van der Waals surface area contributed by atoms with E-state index in [2.05, 4.69) is 35.2 Å². The molecule has 1 aromatic carbocycles. The van der Waals surface area contributed by atoms with Gasteiger partial charge in [0.15, 0.2) is 5.65 Å². The Hall–Kier alpha value is -3.12. The molecular weight excluding hydrogens is 374 g/mol. The summed E-state index contributed by atoms with van der Waals surface area (Å²) in [6.07, 6.45) is 10.4. The molecular formula is C24H29N5O. The lowest BCUT2D eigenvalue weighted by Crippen LogP contribution is -2.21. The zero-order chi connectivity index (χ0) is 21.5. The van der Waals surface area contributed by atoms with Crippen LogP contribution in [-0.2, 0) is 0 Å². The fourth-order valence-corrected chi connectivity index (χ4v) is 3.14. The van der Waals surface area contributed by atoms with Crippen LogP contribution < -0.4 is 10.9 Å². The van der Waals surface area contributed by atoms with Crippen molar-refractivity contribution < 1.29 is 0 Å². The van der Waals surface area contributed by atoms with E-state index in [1.807, 2.05) is 25.1 Å². The van der Waals surface area contributed by atoms with Gasteiger partial charge in [-0.2, -0.15) is 0 Å². The summed E-state index contributed by atoms with van der Waals surface area (Å²) in [6.45, 7) is 8.05. The molecule has 6 heteroatoms. The van der Waals surface area contributed by atoms with Crippen LogP contribution in [0.3, 0.4) is 0 Å². The zero-order valence-corrected chi connectivity index (χ0v) is 17.9. The molecule has 6 nitrogen and oxygen atoms in total. The molecule has 2 N–H and O–H groups in total. The maximum Gasteiger partial charge on any atom is 0.258 e. The first kappa shape index (κ1) is 21.6. The second-order valence-corrected chi connectivity index (χ2v) is 7.38. The average molecular weight is 404 g/mol. The molecule has 0 fully saturated rings. The summed E-state index contributed by atoms with van der Waals surface area (Å²) in [4.78, 5) is 21.7. The number of hydrogen-bond donors (Lipinski definition) is 2. The maximum atomic E-state index is 12.6. The predicted octanol–water partition coefficient (Wildman–Crippen LogP) is 4.25. The minimum absolute atomic E-state index is 0.139. The summed E-state index contributed by atoms with van der Waals surface area (Å²) in [5.41, 5.74) is 5.59. The summed E-state index contributed by atoms with van der Waals surface area (Å²) < 4.78 is 1.54. The van der Waals surface area contributed by atoms with E-state index in [0.29, 0.717) is 11.3 Å². The largest absolute Gasteiger partial charge is 0.313 e. The van der Waals surface area contributed by atoms with E-state index in [9.17, 15) is 4.79 Å². The van der Waals surface area contributed by atoms with Gasteiger partial charge in [-0.15, -0.1) is 0 Å². The summed E-state index contributed by atoms with van der Waals surface area (Å²) >= 11 is 0. The van der Waals surface area contributed by atoms with Crippen LogP contribution in [0, 0.1) is 12.3 Å². The molecule has 30 heavy (non-hydrogen) atoms. The SMILES string of the molecule is CCCC.Cc1ccc(-c2cc(=O)n3cc(C4=CCNCC4)ncc3n2)cc1C=N. The molecule has 0 unspecified atom stereocenters. The van der Waals surface area contributed by atoms with Crippen molar-refractivity contribution in [3.8, 4) is 11.3 Å². The number of fused-ring (bicyclic) bond motifs is 1. The van der Waals surface area contributed by atoms with Crippen molar-refractivity contribution in [2.24, 2.45) is 0 Å². The Kier molecular flexibility index (Phi) is 7.25. The minimum Gasteiger partial charge on any atom is -0.313 e. The van der Waals surface area contributed by atoms with Gasteiger partial charge in [-0.25, -0.2) is 4.98 Å². The van der Waals surface area contributed by atoms with Crippen LogP contribution in [0.25, 0.3) is 22.5 Å². The fraction of sp³-hybridized carbons (Fsp3) is 0.333. The van der Waals surface area contributed by atoms with E-state index in [1.165, 1.54) is 25.1 Å². The molecule has 3 aromatic rings. The molecule has 0 amide bonds. The van der Waals surface area contributed by atoms with Gasteiger partial charge in [-0.1, -0.05) is 44.9 Å². The topological polar surface area (TPSA) is 83.1 Å². The molecule has 0 atom stereocenters. The molecule has 0 saturated heterocycles. The number of aromatic nitrogens is 3. The van der Waals surface area contributed by atoms with Crippen LogP contribution in [0.15, 0.2) is 47.5 Å². The fourth-order valence-electron chi connectivity index (χ4n) is 3.14. The second kappa shape index (κ2) is 10.1. The number of aryl methyl sites for hydroxylation is 1. The third kappa shape index (κ3) is 4.89. The molecule has 4 rings (SSSR count). The summed E-state index contributed by atoms with van der Waals surface area (Å²) in [6, 6.07) is 7.26. The van der Waals surface area contributed by atoms with Crippen molar-refractivity contribution in [3.05, 3.63) is 69.9 Å². The molecule has 156 valence electrons. The molecule has 1 aliphatic rings. The Balaban J connectivity index is 0.000000589. The van der Waals surface area contributed by atoms with E-state index in [1.54, 1.807) is 16.8 Å². The van der Waals surface area contributed by atoms with E-state index in [4.69, 9.17) is 5.41 Å². The first-order valence-electron chi connectivity index (χ1n) is 10.5. The highest BCUT2D eigenvalue weighted by Gasteiger charge is 2.11. The third-order valence-electron chi connectivity index (χ3n) is 5.17. The summed E-state index contributed by atoms with van der Waals surface area (Å²) in [7, 11) is 0. The van der Waals surface area contributed by atoms with Gasteiger partial charge in [0.25, 0.3) is 5.56 Å². The van der Waals surface area contributed by atoms with Gasteiger partial charge in [0.2, 0.25) is 0 Å². The molecule has 0 bridgehead atoms. The molecule has 0 spiro atoms. The van der Waals surface area contributed by atoms with Crippen molar-refractivity contribution in [3.63, 3.8) is 0 Å². The van der Waals surface area contributed by atoms with E-state index >= 15 is 0 Å². The Morgan fingerprint density at radius 1 is 1.20 bits per heavy atom. The molecule has 0 saturated carbocycles. The first-order valence-corrected chi connectivity index (χ1v) is 10.5. The Bertz CT molecular complexity index is 1130. The monoisotopic (exact) mass is 403 g/mol. The summed E-state index contributed by atoms with van der Waals surface area (Å²) in [5, 5.41) is 10.8. The number of hydrogen-bond acceptors (Lipinski definition) is 5. The van der Waals surface area contributed by atoms with Crippen molar-refractivity contribution in [2.45, 2.75) is 40.0 Å². The Labute approximate surface area is 177 Å². The van der Waals surface area contributed by atoms with Gasteiger partial charge in [-0.3, -0.25) is 14.2 Å². The van der Waals surface area contributed by atoms with Crippen LogP contribution in [0.2, 0.25) is 0 Å². The van der Waals surface area contributed by atoms with Crippen molar-refractivity contribution >= 4 is 17.4 Å². The standard InChI is InChI=1S/C20H19N5O.C4H10/c1-13-2-3-15(8-16(13)10-21)17-9-20(26)25-12-18(23-11-19(25)24-17)14-4-6-22-7-5-14;1-3-4-2/h2-4,8-12,21-22H,5-7H2,1H3;3-4H2,1-2H3. The number of nitrogens with zero attached hydrogens (tertiary/aromatic N) is 3. The summed E-state index contributed by atoms with van der Waals surface area (Å²) in [5.74, 6) is 0. The first-order chi connectivity index (χ1) is 14.6. The number of benzene rings is 1. The van der Waals surface area contributed by atoms with Crippen molar-refractivity contribution in [2.75, 3.05) is 13.1 Å². The van der Waals surface area contributed by atoms with Gasteiger partial charge < -0.3 is 10.7 Å². The molecule has 1 aliphatic heterocycles. The van der Waals surface area contributed by atoms with Crippen LogP contribution in [0.5, 0.6) is 0 Å². The Morgan fingerprint density at radius 3 is 2.67 bits per heavy atom. The number of unbranched alkanes of at least 4 members (excludes halogenated alkanes) is 1. The van der Waals surface area contributed by atoms with E-state index in [-0.39, 0.29) is 5.56 Å². The molecule has 3 heterocycles. The molecule has 2 aromatic heterocycles. The van der Waals surface area contributed by atoms with Crippen molar-refractivity contribution in [1.29, 1.82) is 5.41 Å². The number of nitrogens with one attached hydrogen (secondary N) is 2. The van der Waals surface area contributed by atoms with Crippen LogP contribution in [0.1, 0.15) is 49.9 Å². The third-order valence-corrected chi connectivity index (χ3v) is 5.17. The normalized spacial score (nSPS) is 13.4. The van der Waals surface area contributed by atoms with Gasteiger partial charge in [0.1, 0.15) is 0 Å². The highest BCUT2D eigenvalue weighted by molar-refractivity contribution is 5.82. The Morgan fingerprint density at radius 2 is 2.00 bits per heavy atom. The van der Waals surface area contributed by atoms with Crippen LogP contribution >= 0.6 is 0 Å². The van der Waals surface area contributed by atoms with Crippen LogP contribution in [0.4, 0.5) is 0 Å². The lowest BCUT2D eigenvalue weighted by Gasteiger charge is -2.14. The highest BCUT2D eigenvalue weighted by Crippen LogP contribution is 2.21. The quantitative estimate of drug-likeness (QED) is 0.638. The average Bonchev–Trinajstić information content (AvgIpc) is 2.80. The van der Waals surface area contributed by atoms with E-state index in [0.717, 1.165) is 47.5 Å². The lowest BCUT2D eigenvalue weighted by atomic mass is 10.0. The minimum atomic E-state index is -0.139.